The highest BCUT2D eigenvalue weighted by Crippen LogP contribution is 2.46. The van der Waals surface area contributed by atoms with E-state index < -0.39 is 71.3 Å². The van der Waals surface area contributed by atoms with Crippen molar-refractivity contribution in [2.75, 3.05) is 6.61 Å². The second-order valence-corrected chi connectivity index (χ2v) is 6.68. The van der Waals surface area contributed by atoms with Crippen LogP contribution in [0.2, 0.25) is 0 Å². The SMILES string of the molecule is O=C(c1ccc(O)cc1)c1c(O)cc(O)c(C2O[C@H](CO)[C@@H](O)[C@H](O)[C@H]2O)c1O. The average Bonchev–Trinajstić information content (AvgIpc) is 2.68. The van der Waals surface area contributed by atoms with E-state index in [1.54, 1.807) is 0 Å². The van der Waals surface area contributed by atoms with Gasteiger partial charge in [0.1, 0.15) is 59.1 Å². The Hall–Kier alpha value is -2.89. The second kappa shape index (κ2) is 7.85. The molecule has 10 nitrogen and oxygen atoms in total. The first-order valence-electron chi connectivity index (χ1n) is 8.59. The molecule has 1 fully saturated rings. The van der Waals surface area contributed by atoms with Crippen molar-refractivity contribution < 1.29 is 50.4 Å². The third-order valence-electron chi connectivity index (χ3n) is 4.83. The van der Waals surface area contributed by atoms with Crippen molar-refractivity contribution in [1.82, 2.24) is 0 Å². The summed E-state index contributed by atoms with van der Waals surface area (Å²) in [6.45, 7) is -0.736. The summed E-state index contributed by atoms with van der Waals surface area (Å²) in [5.41, 5.74) is -1.12. The fraction of sp³-hybridized carbons (Fsp3) is 0.316. The van der Waals surface area contributed by atoms with Crippen molar-refractivity contribution in [3.63, 3.8) is 0 Å². The Labute approximate surface area is 164 Å². The van der Waals surface area contributed by atoms with E-state index in [2.05, 4.69) is 0 Å². The molecule has 0 amide bonds. The average molecular weight is 408 g/mol. The molecule has 1 aliphatic heterocycles. The Morgan fingerprint density at radius 2 is 1.52 bits per heavy atom. The minimum Gasteiger partial charge on any atom is -0.508 e. The molecule has 1 saturated heterocycles. The summed E-state index contributed by atoms with van der Waals surface area (Å²) >= 11 is 0. The number of benzene rings is 2. The van der Waals surface area contributed by atoms with Crippen molar-refractivity contribution in [2.45, 2.75) is 30.5 Å². The summed E-state index contributed by atoms with van der Waals surface area (Å²) in [4.78, 5) is 12.7. The number of carbonyl (C=O) groups is 1. The van der Waals surface area contributed by atoms with Crippen LogP contribution in [0.25, 0.3) is 0 Å². The predicted molar refractivity (Wildman–Crippen MR) is 95.7 cm³/mol. The summed E-state index contributed by atoms with van der Waals surface area (Å²) in [5, 5.41) is 79.7. The molecule has 156 valence electrons. The molecule has 8 N–H and O–H groups in total. The fourth-order valence-corrected chi connectivity index (χ4v) is 3.26. The zero-order chi connectivity index (χ0) is 21.5. The zero-order valence-electron chi connectivity index (χ0n) is 14.9. The molecule has 3 rings (SSSR count). The largest absolute Gasteiger partial charge is 0.508 e. The van der Waals surface area contributed by atoms with Gasteiger partial charge in [-0.05, 0) is 24.3 Å². The highest BCUT2D eigenvalue weighted by Gasteiger charge is 2.46. The topological polar surface area (TPSA) is 188 Å². The molecule has 0 radical (unpaired) electrons. The van der Waals surface area contributed by atoms with Gasteiger partial charge in [0.2, 0.25) is 5.78 Å². The first-order chi connectivity index (χ1) is 13.7. The van der Waals surface area contributed by atoms with E-state index in [9.17, 15) is 45.6 Å². The Bertz CT molecular complexity index is 908. The lowest BCUT2D eigenvalue weighted by Gasteiger charge is -2.40. The van der Waals surface area contributed by atoms with E-state index in [4.69, 9.17) is 4.74 Å². The Kier molecular flexibility index (Phi) is 5.64. The number of hydrogen-bond acceptors (Lipinski definition) is 10. The number of rotatable bonds is 4. The number of aliphatic hydroxyl groups is 4. The maximum absolute atomic E-state index is 12.7. The molecule has 10 heteroatoms. The lowest BCUT2D eigenvalue weighted by Crippen LogP contribution is -2.55. The van der Waals surface area contributed by atoms with Crippen molar-refractivity contribution in [2.24, 2.45) is 0 Å². The fourth-order valence-electron chi connectivity index (χ4n) is 3.26. The maximum atomic E-state index is 12.7. The van der Waals surface area contributed by atoms with Crippen LogP contribution in [0.15, 0.2) is 30.3 Å². The van der Waals surface area contributed by atoms with Gasteiger partial charge in [-0.15, -0.1) is 0 Å². The Morgan fingerprint density at radius 1 is 0.897 bits per heavy atom. The van der Waals surface area contributed by atoms with E-state index in [1.807, 2.05) is 0 Å². The summed E-state index contributed by atoms with van der Waals surface area (Å²) in [7, 11) is 0. The van der Waals surface area contributed by atoms with Gasteiger partial charge in [0.05, 0.1) is 12.2 Å². The Balaban J connectivity index is 2.10. The van der Waals surface area contributed by atoms with Crippen LogP contribution in [-0.2, 0) is 4.74 Å². The smallest absolute Gasteiger partial charge is 0.200 e. The monoisotopic (exact) mass is 408 g/mol. The van der Waals surface area contributed by atoms with Crippen LogP contribution < -0.4 is 0 Å². The van der Waals surface area contributed by atoms with Gasteiger partial charge in [-0.2, -0.15) is 0 Å². The molecule has 0 aliphatic carbocycles. The molecular weight excluding hydrogens is 388 g/mol. The minimum atomic E-state index is -1.83. The van der Waals surface area contributed by atoms with Gasteiger partial charge in [0, 0.05) is 11.6 Å². The van der Waals surface area contributed by atoms with Crippen LogP contribution in [0, 0.1) is 0 Å². The molecule has 5 atom stereocenters. The van der Waals surface area contributed by atoms with E-state index >= 15 is 0 Å². The third kappa shape index (κ3) is 3.59. The summed E-state index contributed by atoms with van der Waals surface area (Å²) < 4.78 is 5.32. The standard InChI is InChI=1S/C19H20O10/c20-6-11-15(25)17(27)18(28)19(29-11)13-10(23)5-9(22)12(16(13)26)14(24)7-1-3-8(21)4-2-7/h1-5,11,15,17-23,25-28H,6H2/t11-,15-,17+,18-,19?/m1/s1. The van der Waals surface area contributed by atoms with Crippen LogP contribution >= 0.6 is 0 Å². The number of ketones is 1. The van der Waals surface area contributed by atoms with Crippen molar-refractivity contribution in [3.8, 4) is 23.0 Å². The number of phenols is 4. The van der Waals surface area contributed by atoms with Gasteiger partial charge in [0.15, 0.2) is 0 Å². The second-order valence-electron chi connectivity index (χ2n) is 6.68. The highest BCUT2D eigenvalue weighted by molar-refractivity contribution is 6.12. The van der Waals surface area contributed by atoms with E-state index in [1.165, 1.54) is 24.3 Å². The predicted octanol–water partition coefficient (Wildman–Crippen LogP) is -0.745. The molecule has 1 heterocycles. The molecule has 29 heavy (non-hydrogen) atoms. The van der Waals surface area contributed by atoms with Crippen molar-refractivity contribution in [1.29, 1.82) is 0 Å². The zero-order valence-corrected chi connectivity index (χ0v) is 14.9. The van der Waals surface area contributed by atoms with Crippen LogP contribution in [0.5, 0.6) is 23.0 Å². The number of ether oxygens (including phenoxy) is 1. The van der Waals surface area contributed by atoms with Gasteiger partial charge in [-0.25, -0.2) is 0 Å². The molecule has 1 unspecified atom stereocenters. The summed E-state index contributed by atoms with van der Waals surface area (Å²) in [6, 6.07) is 5.69. The van der Waals surface area contributed by atoms with Gasteiger partial charge in [0.25, 0.3) is 0 Å². The molecule has 0 saturated carbocycles. The van der Waals surface area contributed by atoms with Gasteiger partial charge >= 0.3 is 0 Å². The van der Waals surface area contributed by atoms with Crippen molar-refractivity contribution >= 4 is 5.78 Å². The van der Waals surface area contributed by atoms with Crippen LogP contribution in [0.1, 0.15) is 27.6 Å². The number of aromatic hydroxyl groups is 4. The van der Waals surface area contributed by atoms with Gasteiger partial charge in [-0.3, -0.25) is 4.79 Å². The summed E-state index contributed by atoms with van der Waals surface area (Å²) in [5.74, 6) is -3.38. The van der Waals surface area contributed by atoms with Crippen LogP contribution in [0.4, 0.5) is 0 Å². The lowest BCUT2D eigenvalue weighted by atomic mass is 9.88. The number of aliphatic hydroxyl groups excluding tert-OH is 4. The molecular formula is C19H20O10. The van der Waals surface area contributed by atoms with Crippen molar-refractivity contribution in [3.05, 3.63) is 47.0 Å². The third-order valence-corrected chi connectivity index (χ3v) is 4.83. The van der Waals surface area contributed by atoms with E-state index in [0.717, 1.165) is 6.07 Å². The highest BCUT2D eigenvalue weighted by atomic mass is 16.5. The maximum Gasteiger partial charge on any atom is 0.200 e. The van der Waals surface area contributed by atoms with Gasteiger partial charge in [-0.1, -0.05) is 0 Å². The normalized spacial score (nSPS) is 27.0. The van der Waals surface area contributed by atoms with E-state index in [-0.39, 0.29) is 11.3 Å². The quantitative estimate of drug-likeness (QED) is 0.299. The number of phenolic OH excluding ortho intramolecular Hbond substituents is 4. The molecule has 0 bridgehead atoms. The van der Waals surface area contributed by atoms with Gasteiger partial charge < -0.3 is 45.6 Å². The first kappa shape index (κ1) is 20.8. The molecule has 0 aromatic heterocycles. The number of hydrogen-bond donors (Lipinski definition) is 8. The lowest BCUT2D eigenvalue weighted by molar-refractivity contribution is -0.232. The van der Waals surface area contributed by atoms with Crippen LogP contribution in [-0.4, -0.2) is 77.7 Å². The molecule has 2 aromatic rings. The van der Waals surface area contributed by atoms with Crippen LogP contribution in [0.3, 0.4) is 0 Å². The van der Waals surface area contributed by atoms with E-state index in [0.29, 0.717) is 0 Å². The molecule has 0 spiro atoms. The number of carbonyl (C=O) groups excluding carboxylic acids is 1. The Morgan fingerprint density at radius 3 is 2.10 bits per heavy atom. The minimum absolute atomic E-state index is 0.00107. The first-order valence-corrected chi connectivity index (χ1v) is 8.59. The molecule has 1 aliphatic rings. The molecule has 2 aromatic carbocycles. The summed E-state index contributed by atoms with van der Waals surface area (Å²) in [6.07, 6.45) is -8.22.